The molecule has 6 heteroatoms. The van der Waals surface area contributed by atoms with Crippen LogP contribution in [0.15, 0.2) is 0 Å². The Morgan fingerprint density at radius 2 is 1.92 bits per heavy atom. The van der Waals surface area contributed by atoms with Crippen LogP contribution in [-0.4, -0.2) is 31.6 Å². The second-order valence-electron chi connectivity index (χ2n) is 2.00. The molecule has 0 spiro atoms. The summed E-state index contributed by atoms with van der Waals surface area (Å²) in [6.45, 7) is 1.64. The molecule has 0 N–H and O–H groups in total. The molecule has 5 nitrogen and oxygen atoms in total. The van der Waals surface area contributed by atoms with Crippen molar-refractivity contribution in [2.24, 2.45) is 0 Å². The zero-order chi connectivity index (χ0) is 9.61. The van der Waals surface area contributed by atoms with E-state index in [0.717, 1.165) is 4.31 Å². The first-order valence-electron chi connectivity index (χ1n) is 3.30. The maximum Gasteiger partial charge on any atom is 0.228 e. The number of hydrogen-bond acceptors (Lipinski definition) is 4. The van der Waals surface area contributed by atoms with Crippen LogP contribution in [0, 0.1) is 22.7 Å². The first-order valence-corrected chi connectivity index (χ1v) is 4.91. The minimum atomic E-state index is -3.53. The van der Waals surface area contributed by atoms with Crippen LogP contribution in [0.1, 0.15) is 6.92 Å². The van der Waals surface area contributed by atoms with Gasteiger partial charge >= 0.3 is 0 Å². The molecule has 0 amide bonds. The fraction of sp³-hybridized carbons (Fsp3) is 0.667. The highest BCUT2D eigenvalue weighted by Crippen LogP contribution is 1.98. The molecule has 0 aliphatic heterocycles. The molecule has 0 saturated carbocycles. The Morgan fingerprint density at radius 3 is 2.25 bits per heavy atom. The van der Waals surface area contributed by atoms with Gasteiger partial charge in [0.1, 0.15) is 6.54 Å². The van der Waals surface area contributed by atoms with E-state index in [-0.39, 0.29) is 13.1 Å². The van der Waals surface area contributed by atoms with E-state index in [0.29, 0.717) is 0 Å². The number of nitriles is 2. The Kier molecular flexibility index (Phi) is 4.27. The van der Waals surface area contributed by atoms with Crippen molar-refractivity contribution in [3.05, 3.63) is 0 Å². The monoisotopic (exact) mass is 187 g/mol. The lowest BCUT2D eigenvalue weighted by atomic mass is 10.6. The molecule has 0 aromatic heterocycles. The molecular weight excluding hydrogens is 178 g/mol. The fourth-order valence-electron chi connectivity index (χ4n) is 0.659. The van der Waals surface area contributed by atoms with Gasteiger partial charge in [0.2, 0.25) is 10.0 Å². The van der Waals surface area contributed by atoms with E-state index in [1.165, 1.54) is 0 Å². The molecule has 0 aliphatic carbocycles. The Labute approximate surface area is 71.9 Å². The van der Waals surface area contributed by atoms with Gasteiger partial charge in [-0.05, 0) is 0 Å². The van der Waals surface area contributed by atoms with Gasteiger partial charge < -0.3 is 0 Å². The van der Waals surface area contributed by atoms with Crippen molar-refractivity contribution in [3.63, 3.8) is 0 Å². The third kappa shape index (κ3) is 2.87. The number of nitrogens with zero attached hydrogens (tertiary/aromatic N) is 3. The molecule has 0 unspecified atom stereocenters. The van der Waals surface area contributed by atoms with Crippen molar-refractivity contribution in [1.29, 1.82) is 10.5 Å². The summed E-state index contributed by atoms with van der Waals surface area (Å²) in [6.07, 6.45) is 0. The molecule has 0 saturated heterocycles. The van der Waals surface area contributed by atoms with E-state index in [9.17, 15) is 8.42 Å². The smallest absolute Gasteiger partial charge is 0.211 e. The summed E-state index contributed by atoms with van der Waals surface area (Å²) < 4.78 is 23.2. The first kappa shape index (κ1) is 10.9. The van der Waals surface area contributed by atoms with Crippen LogP contribution in [0.5, 0.6) is 0 Å². The van der Waals surface area contributed by atoms with Crippen molar-refractivity contribution in [3.8, 4) is 12.1 Å². The maximum atomic E-state index is 11.1. The normalized spacial score (nSPS) is 10.7. The highest BCUT2D eigenvalue weighted by Gasteiger charge is 2.18. The fourth-order valence-corrected chi connectivity index (χ4v) is 1.65. The molecule has 0 aliphatic rings. The van der Waals surface area contributed by atoms with Gasteiger partial charge in [0.05, 0.1) is 12.1 Å². The van der Waals surface area contributed by atoms with E-state index in [2.05, 4.69) is 0 Å². The molecule has 0 aromatic rings. The van der Waals surface area contributed by atoms with Crippen LogP contribution in [0.4, 0.5) is 0 Å². The van der Waals surface area contributed by atoms with Gasteiger partial charge in [0.25, 0.3) is 0 Å². The Balaban J connectivity index is 4.54. The van der Waals surface area contributed by atoms with Crippen LogP contribution in [-0.2, 0) is 10.0 Å². The third-order valence-corrected chi connectivity index (χ3v) is 2.91. The van der Waals surface area contributed by atoms with Crippen LogP contribution in [0.25, 0.3) is 0 Å². The molecule has 0 radical (unpaired) electrons. The summed E-state index contributed by atoms with van der Waals surface area (Å²) >= 11 is 0. The lowest BCUT2D eigenvalue weighted by molar-refractivity contribution is 0.465. The molecule has 0 atom stereocenters. The van der Waals surface area contributed by atoms with Crippen LogP contribution < -0.4 is 0 Å². The average Bonchev–Trinajstić information content (AvgIpc) is 1.99. The number of hydrogen-bond donors (Lipinski definition) is 0. The van der Waals surface area contributed by atoms with Crippen molar-refractivity contribution in [1.82, 2.24) is 4.31 Å². The summed E-state index contributed by atoms with van der Waals surface area (Å²) in [7, 11) is -3.53. The summed E-state index contributed by atoms with van der Waals surface area (Å²) in [5.41, 5.74) is 0. The van der Waals surface area contributed by atoms with E-state index in [1.54, 1.807) is 19.1 Å². The second-order valence-corrected chi connectivity index (χ2v) is 3.97. The Morgan fingerprint density at radius 1 is 1.33 bits per heavy atom. The quantitative estimate of drug-likeness (QED) is 0.565. The largest absolute Gasteiger partial charge is 0.228 e. The maximum absolute atomic E-state index is 11.1. The molecule has 0 heterocycles. The molecule has 0 aromatic carbocycles. The first-order chi connectivity index (χ1) is 5.58. The lowest BCUT2D eigenvalue weighted by Gasteiger charge is -2.13. The van der Waals surface area contributed by atoms with Crippen molar-refractivity contribution in [2.45, 2.75) is 6.92 Å². The SMILES string of the molecule is CCN(CC#N)S(=O)(=O)CC#N. The zero-order valence-electron chi connectivity index (χ0n) is 6.69. The zero-order valence-corrected chi connectivity index (χ0v) is 7.50. The van der Waals surface area contributed by atoms with Gasteiger partial charge in [-0.15, -0.1) is 0 Å². The molecule has 0 bridgehead atoms. The Bertz CT molecular complexity index is 309. The molecule has 12 heavy (non-hydrogen) atoms. The predicted molar refractivity (Wildman–Crippen MR) is 42.3 cm³/mol. The number of sulfonamides is 1. The second kappa shape index (κ2) is 4.70. The highest BCUT2D eigenvalue weighted by atomic mass is 32.2. The van der Waals surface area contributed by atoms with E-state index >= 15 is 0 Å². The average molecular weight is 187 g/mol. The van der Waals surface area contributed by atoms with Crippen molar-refractivity contribution < 1.29 is 8.42 Å². The summed E-state index contributed by atoms with van der Waals surface area (Å²) in [5, 5.41) is 16.4. The van der Waals surface area contributed by atoms with Crippen LogP contribution in [0.2, 0.25) is 0 Å². The predicted octanol–water partition coefficient (Wildman–Crippen LogP) is -0.315. The minimum Gasteiger partial charge on any atom is -0.211 e. The van der Waals surface area contributed by atoms with Gasteiger partial charge in [0.15, 0.2) is 5.75 Å². The van der Waals surface area contributed by atoms with Crippen LogP contribution >= 0.6 is 0 Å². The van der Waals surface area contributed by atoms with Gasteiger partial charge in [-0.1, -0.05) is 6.92 Å². The van der Waals surface area contributed by atoms with Gasteiger partial charge in [0, 0.05) is 6.54 Å². The summed E-state index contributed by atoms with van der Waals surface area (Å²) in [5.74, 6) is -0.567. The van der Waals surface area contributed by atoms with Crippen LogP contribution in [0.3, 0.4) is 0 Å². The van der Waals surface area contributed by atoms with Crippen molar-refractivity contribution in [2.75, 3.05) is 18.8 Å². The van der Waals surface area contributed by atoms with E-state index in [4.69, 9.17) is 10.5 Å². The van der Waals surface area contributed by atoms with E-state index < -0.39 is 15.8 Å². The molecule has 0 rings (SSSR count). The topological polar surface area (TPSA) is 85.0 Å². The summed E-state index contributed by atoms with van der Waals surface area (Å²) in [6, 6.07) is 3.26. The molecule has 0 fully saturated rings. The lowest BCUT2D eigenvalue weighted by Crippen LogP contribution is -2.32. The molecular formula is C6H9N3O2S. The van der Waals surface area contributed by atoms with Gasteiger partial charge in [-0.25, -0.2) is 8.42 Å². The Hall–Kier alpha value is -1.11. The van der Waals surface area contributed by atoms with Gasteiger partial charge in [-0.2, -0.15) is 14.8 Å². The highest BCUT2D eigenvalue weighted by molar-refractivity contribution is 7.89. The minimum absolute atomic E-state index is 0.194. The summed E-state index contributed by atoms with van der Waals surface area (Å²) in [4.78, 5) is 0. The molecule has 66 valence electrons. The third-order valence-electron chi connectivity index (χ3n) is 1.24. The van der Waals surface area contributed by atoms with Crippen molar-refractivity contribution >= 4 is 10.0 Å². The van der Waals surface area contributed by atoms with E-state index in [1.807, 2.05) is 0 Å². The van der Waals surface area contributed by atoms with Gasteiger partial charge in [-0.3, -0.25) is 0 Å². The number of rotatable bonds is 4. The standard InChI is InChI=1S/C6H9N3O2S/c1-2-9(5-3-7)12(10,11)6-4-8/h2,5-6H2,1H3.